The molecule has 4 heteroatoms. The number of benzene rings is 2. The van der Waals surface area contributed by atoms with Crippen molar-refractivity contribution in [3.05, 3.63) is 60.2 Å². The van der Waals surface area contributed by atoms with Gasteiger partial charge in [-0.3, -0.25) is 5.73 Å². The maximum Gasteiger partial charge on any atom is 0.173 e. The second-order valence-corrected chi connectivity index (χ2v) is 5.35. The molecule has 2 aromatic carbocycles. The van der Waals surface area contributed by atoms with E-state index in [1.807, 2.05) is 42.5 Å². The Balaban J connectivity index is 1.69. The van der Waals surface area contributed by atoms with Gasteiger partial charge < -0.3 is 15.2 Å². The van der Waals surface area contributed by atoms with Crippen LogP contribution in [-0.2, 0) is 0 Å². The van der Waals surface area contributed by atoms with Crippen molar-refractivity contribution in [2.75, 3.05) is 11.9 Å². The molecule has 2 unspecified atom stereocenters. The zero-order chi connectivity index (χ0) is 15.8. The van der Waals surface area contributed by atoms with E-state index in [-0.39, 0.29) is 0 Å². The summed E-state index contributed by atoms with van der Waals surface area (Å²) in [5.74, 6) is 0.673. The molecule has 0 fully saturated rings. The van der Waals surface area contributed by atoms with E-state index in [1.54, 1.807) is 0 Å². The van der Waals surface area contributed by atoms with Crippen LogP contribution >= 0.6 is 0 Å². The maximum absolute atomic E-state index is 10.1. The van der Waals surface area contributed by atoms with Gasteiger partial charge in [0.1, 0.15) is 11.9 Å². The van der Waals surface area contributed by atoms with E-state index in [2.05, 4.69) is 24.4 Å². The van der Waals surface area contributed by atoms with Gasteiger partial charge in [-0.2, -0.15) is 0 Å². The minimum Gasteiger partial charge on any atom is -0.473 e. The summed E-state index contributed by atoms with van der Waals surface area (Å²) in [6, 6.07) is 17.5. The molecular formula is C18H24N2O2. The maximum atomic E-state index is 10.1. The number of aliphatic hydroxyl groups excluding tert-OH is 1. The molecular weight excluding hydrogens is 276 g/mol. The first kappa shape index (κ1) is 16.3. The Morgan fingerprint density at radius 3 is 2.50 bits per heavy atom. The number of hydrogen-bond acceptors (Lipinski definition) is 4. The lowest BCUT2D eigenvalue weighted by Crippen LogP contribution is -2.40. The third kappa shape index (κ3) is 5.06. The molecule has 22 heavy (non-hydrogen) atoms. The fraction of sp³-hybridized carbons (Fsp3) is 0.333. The van der Waals surface area contributed by atoms with Crippen LogP contribution < -0.4 is 15.8 Å². The monoisotopic (exact) mass is 300 g/mol. The highest BCUT2D eigenvalue weighted by Gasteiger charge is 2.15. The van der Waals surface area contributed by atoms with Gasteiger partial charge in [-0.05, 0) is 43.5 Å². The third-order valence-electron chi connectivity index (χ3n) is 3.53. The average Bonchev–Trinajstić information content (AvgIpc) is 2.53. The van der Waals surface area contributed by atoms with Crippen molar-refractivity contribution >= 4 is 5.69 Å². The minimum absolute atomic E-state index is 0.590. The molecule has 0 aromatic heterocycles. The highest BCUT2D eigenvalue weighted by atomic mass is 16.5. The molecule has 4 N–H and O–H groups in total. The largest absolute Gasteiger partial charge is 0.473 e. The summed E-state index contributed by atoms with van der Waals surface area (Å²) in [7, 11) is 0. The van der Waals surface area contributed by atoms with E-state index in [9.17, 15) is 5.11 Å². The molecule has 4 nitrogen and oxygen atoms in total. The van der Waals surface area contributed by atoms with Crippen LogP contribution in [0.4, 0.5) is 5.69 Å². The molecule has 0 aliphatic carbocycles. The Morgan fingerprint density at radius 1 is 1.09 bits per heavy atom. The molecule has 0 radical (unpaired) electrons. The summed E-state index contributed by atoms with van der Waals surface area (Å²) >= 11 is 0. The number of hydrogen-bond donors (Lipinski definition) is 3. The second-order valence-electron chi connectivity index (χ2n) is 5.35. The Kier molecular flexibility index (Phi) is 6.25. The van der Waals surface area contributed by atoms with Crippen LogP contribution in [0.1, 0.15) is 18.4 Å². The zero-order valence-corrected chi connectivity index (χ0v) is 12.9. The molecule has 0 bridgehead atoms. The fourth-order valence-corrected chi connectivity index (χ4v) is 2.20. The van der Waals surface area contributed by atoms with Crippen molar-refractivity contribution in [3.8, 4) is 5.75 Å². The predicted octanol–water partition coefficient (Wildman–Crippen LogP) is 2.91. The summed E-state index contributed by atoms with van der Waals surface area (Å²) in [5.41, 5.74) is 8.22. The van der Waals surface area contributed by atoms with Crippen LogP contribution in [0.3, 0.4) is 0 Å². The van der Waals surface area contributed by atoms with Gasteiger partial charge in [-0.1, -0.05) is 36.4 Å². The molecule has 0 saturated heterocycles. The topological polar surface area (TPSA) is 67.5 Å². The number of ether oxygens (including phenoxy) is 1. The van der Waals surface area contributed by atoms with Crippen LogP contribution in [0.15, 0.2) is 54.6 Å². The highest BCUT2D eigenvalue weighted by Crippen LogP contribution is 2.14. The Bertz CT molecular complexity index is 560. The van der Waals surface area contributed by atoms with Gasteiger partial charge in [0.2, 0.25) is 0 Å². The van der Waals surface area contributed by atoms with Crippen LogP contribution in [-0.4, -0.2) is 24.0 Å². The third-order valence-corrected chi connectivity index (χ3v) is 3.53. The quantitative estimate of drug-likeness (QED) is 0.518. The molecule has 2 aromatic rings. The van der Waals surface area contributed by atoms with Crippen molar-refractivity contribution in [1.29, 1.82) is 0 Å². The highest BCUT2D eigenvalue weighted by molar-refractivity contribution is 5.50. The fourth-order valence-electron chi connectivity index (χ4n) is 2.20. The summed E-state index contributed by atoms with van der Waals surface area (Å²) < 4.78 is 5.52. The average molecular weight is 300 g/mol. The van der Waals surface area contributed by atoms with Crippen LogP contribution in [0, 0.1) is 6.92 Å². The van der Waals surface area contributed by atoms with E-state index in [4.69, 9.17) is 10.5 Å². The molecule has 0 spiro atoms. The van der Waals surface area contributed by atoms with E-state index in [1.165, 1.54) is 5.56 Å². The lowest BCUT2D eigenvalue weighted by atomic mass is 10.1. The Morgan fingerprint density at radius 2 is 1.77 bits per heavy atom. The van der Waals surface area contributed by atoms with Gasteiger partial charge in [0.05, 0.1) is 0 Å². The van der Waals surface area contributed by atoms with Gasteiger partial charge in [0, 0.05) is 12.2 Å². The van der Waals surface area contributed by atoms with Crippen molar-refractivity contribution < 1.29 is 9.84 Å². The first-order chi connectivity index (χ1) is 10.7. The Labute approximate surface area is 131 Å². The van der Waals surface area contributed by atoms with E-state index < -0.39 is 12.3 Å². The molecule has 2 rings (SSSR count). The van der Waals surface area contributed by atoms with Crippen LogP contribution in [0.25, 0.3) is 0 Å². The smallest absolute Gasteiger partial charge is 0.173 e. The number of para-hydroxylation sites is 2. The molecule has 0 aliphatic rings. The molecule has 0 aliphatic heterocycles. The lowest BCUT2D eigenvalue weighted by Gasteiger charge is -2.20. The van der Waals surface area contributed by atoms with Crippen molar-refractivity contribution in [2.24, 2.45) is 5.73 Å². The van der Waals surface area contributed by atoms with Gasteiger partial charge in [-0.15, -0.1) is 0 Å². The van der Waals surface area contributed by atoms with Gasteiger partial charge in [0.25, 0.3) is 0 Å². The van der Waals surface area contributed by atoms with Gasteiger partial charge >= 0.3 is 0 Å². The molecule has 0 heterocycles. The van der Waals surface area contributed by atoms with Crippen molar-refractivity contribution in [1.82, 2.24) is 0 Å². The molecule has 0 saturated carbocycles. The molecule has 118 valence electrons. The number of aliphatic hydroxyl groups is 1. The number of aryl methyl sites for hydroxylation is 1. The summed E-state index contributed by atoms with van der Waals surface area (Å²) in [5, 5.41) is 13.4. The van der Waals surface area contributed by atoms with E-state index in [0.29, 0.717) is 12.2 Å². The van der Waals surface area contributed by atoms with E-state index in [0.717, 1.165) is 18.7 Å². The zero-order valence-electron chi connectivity index (χ0n) is 12.9. The van der Waals surface area contributed by atoms with Crippen molar-refractivity contribution in [2.45, 2.75) is 32.1 Å². The SMILES string of the molecule is Cc1ccccc1NCCCC(O)C(N)Oc1ccccc1. The second kappa shape index (κ2) is 8.41. The van der Waals surface area contributed by atoms with Gasteiger partial charge in [0.15, 0.2) is 6.23 Å². The number of rotatable bonds is 8. The van der Waals surface area contributed by atoms with Crippen LogP contribution in [0.2, 0.25) is 0 Å². The standard InChI is InChI=1S/C18H24N2O2/c1-14-8-5-6-11-16(14)20-13-7-12-17(21)18(19)22-15-9-3-2-4-10-15/h2-6,8-11,17-18,20-21H,7,12-13,19H2,1H3. The number of anilines is 1. The normalized spacial score (nSPS) is 13.4. The number of nitrogens with two attached hydrogens (primary N) is 1. The van der Waals surface area contributed by atoms with E-state index >= 15 is 0 Å². The first-order valence-corrected chi connectivity index (χ1v) is 7.61. The molecule has 2 atom stereocenters. The summed E-state index contributed by atoms with van der Waals surface area (Å²) in [6.07, 6.45) is 0.0218. The predicted molar refractivity (Wildman–Crippen MR) is 90.0 cm³/mol. The minimum atomic E-state index is -0.708. The molecule has 0 amide bonds. The van der Waals surface area contributed by atoms with Gasteiger partial charge in [-0.25, -0.2) is 0 Å². The number of nitrogens with one attached hydrogen (secondary N) is 1. The summed E-state index contributed by atoms with van der Waals surface area (Å²) in [4.78, 5) is 0. The first-order valence-electron chi connectivity index (χ1n) is 7.61. The summed E-state index contributed by atoms with van der Waals surface area (Å²) in [6.45, 7) is 2.86. The van der Waals surface area contributed by atoms with Crippen LogP contribution in [0.5, 0.6) is 5.75 Å². The van der Waals surface area contributed by atoms with Crippen molar-refractivity contribution in [3.63, 3.8) is 0 Å². The lowest BCUT2D eigenvalue weighted by molar-refractivity contribution is 0.0340. The Hall–Kier alpha value is -2.04.